The molecule has 2 heteroatoms. The van der Waals surface area contributed by atoms with Crippen molar-refractivity contribution in [3.05, 3.63) is 35.4 Å². The predicted molar refractivity (Wildman–Crippen MR) is 54.4 cm³/mol. The highest BCUT2D eigenvalue weighted by Gasteiger charge is 2.05. The molecule has 0 aliphatic carbocycles. The molecule has 0 fully saturated rings. The quantitative estimate of drug-likeness (QED) is 0.740. The molecule has 0 aliphatic heterocycles. The zero-order valence-electron chi connectivity index (χ0n) is 8.03. The average Bonchev–Trinajstić information content (AvgIpc) is 2.14. The van der Waals surface area contributed by atoms with Crippen molar-refractivity contribution in [2.45, 2.75) is 25.9 Å². The van der Waals surface area contributed by atoms with Crippen LogP contribution >= 0.6 is 0 Å². The van der Waals surface area contributed by atoms with E-state index in [-0.39, 0.29) is 6.10 Å². The molecule has 1 unspecified atom stereocenters. The Morgan fingerprint density at radius 2 is 2.23 bits per heavy atom. The summed E-state index contributed by atoms with van der Waals surface area (Å²) in [4.78, 5) is 0. The van der Waals surface area contributed by atoms with Crippen molar-refractivity contribution >= 4 is 0 Å². The van der Waals surface area contributed by atoms with Gasteiger partial charge >= 0.3 is 0 Å². The SMILES string of the molecule is Cc1cccc(C(O)CCCN)c1. The third-order valence-electron chi connectivity index (χ3n) is 2.11. The Bertz CT molecular complexity index is 260. The number of hydrogen-bond donors (Lipinski definition) is 2. The zero-order valence-corrected chi connectivity index (χ0v) is 8.03. The smallest absolute Gasteiger partial charge is 0.0790 e. The summed E-state index contributed by atoms with van der Waals surface area (Å²) in [5.74, 6) is 0. The van der Waals surface area contributed by atoms with Gasteiger partial charge in [-0.2, -0.15) is 0 Å². The van der Waals surface area contributed by atoms with Crippen LogP contribution in [0, 0.1) is 6.92 Å². The molecule has 0 amide bonds. The van der Waals surface area contributed by atoms with Crippen molar-refractivity contribution in [3.8, 4) is 0 Å². The maximum atomic E-state index is 9.72. The lowest BCUT2D eigenvalue weighted by Crippen LogP contribution is -2.03. The highest BCUT2D eigenvalue weighted by Crippen LogP contribution is 2.18. The van der Waals surface area contributed by atoms with Crippen molar-refractivity contribution in [1.82, 2.24) is 0 Å². The van der Waals surface area contributed by atoms with Gasteiger partial charge in [-0.15, -0.1) is 0 Å². The molecule has 1 atom stereocenters. The Morgan fingerprint density at radius 3 is 2.85 bits per heavy atom. The molecule has 0 aromatic heterocycles. The Hall–Kier alpha value is -0.860. The van der Waals surface area contributed by atoms with Crippen molar-refractivity contribution in [3.63, 3.8) is 0 Å². The second-order valence-corrected chi connectivity index (χ2v) is 3.36. The molecule has 0 saturated heterocycles. The fourth-order valence-electron chi connectivity index (χ4n) is 1.36. The topological polar surface area (TPSA) is 46.2 Å². The van der Waals surface area contributed by atoms with Crippen LogP contribution in [0.1, 0.15) is 30.1 Å². The summed E-state index contributed by atoms with van der Waals surface area (Å²) in [6.07, 6.45) is 1.26. The van der Waals surface area contributed by atoms with Crippen LogP contribution in [0.2, 0.25) is 0 Å². The number of hydrogen-bond acceptors (Lipinski definition) is 2. The summed E-state index contributed by atoms with van der Waals surface area (Å²) in [5.41, 5.74) is 7.55. The van der Waals surface area contributed by atoms with E-state index in [1.807, 2.05) is 31.2 Å². The van der Waals surface area contributed by atoms with Gasteiger partial charge in [-0.05, 0) is 31.9 Å². The third kappa shape index (κ3) is 3.17. The fraction of sp³-hybridized carbons (Fsp3) is 0.455. The average molecular weight is 179 g/mol. The van der Waals surface area contributed by atoms with Gasteiger partial charge in [-0.1, -0.05) is 29.8 Å². The summed E-state index contributed by atoms with van der Waals surface area (Å²) in [6.45, 7) is 2.67. The first-order valence-corrected chi connectivity index (χ1v) is 4.68. The maximum Gasteiger partial charge on any atom is 0.0790 e. The van der Waals surface area contributed by atoms with Gasteiger partial charge in [0.25, 0.3) is 0 Å². The van der Waals surface area contributed by atoms with Crippen LogP contribution in [0.15, 0.2) is 24.3 Å². The molecule has 13 heavy (non-hydrogen) atoms. The second-order valence-electron chi connectivity index (χ2n) is 3.36. The minimum atomic E-state index is -0.358. The Labute approximate surface area is 79.4 Å². The number of aliphatic hydroxyl groups excluding tert-OH is 1. The zero-order chi connectivity index (χ0) is 9.68. The molecule has 1 rings (SSSR count). The number of aliphatic hydroxyl groups is 1. The molecule has 2 nitrogen and oxygen atoms in total. The van der Waals surface area contributed by atoms with E-state index in [1.165, 1.54) is 5.56 Å². The number of rotatable bonds is 4. The molecule has 0 radical (unpaired) electrons. The van der Waals surface area contributed by atoms with Crippen LogP contribution in [0.5, 0.6) is 0 Å². The molecule has 0 saturated carbocycles. The minimum Gasteiger partial charge on any atom is -0.388 e. The minimum absolute atomic E-state index is 0.358. The van der Waals surface area contributed by atoms with Crippen molar-refractivity contribution < 1.29 is 5.11 Å². The van der Waals surface area contributed by atoms with Crippen LogP contribution in [-0.4, -0.2) is 11.7 Å². The van der Waals surface area contributed by atoms with Crippen molar-refractivity contribution in [2.75, 3.05) is 6.54 Å². The molecule has 0 heterocycles. The maximum absolute atomic E-state index is 9.72. The molecular weight excluding hydrogens is 162 g/mol. The summed E-state index contributed by atoms with van der Waals surface area (Å²) < 4.78 is 0. The van der Waals surface area contributed by atoms with E-state index < -0.39 is 0 Å². The summed E-state index contributed by atoms with van der Waals surface area (Å²) in [6, 6.07) is 7.96. The van der Waals surface area contributed by atoms with Gasteiger partial charge in [0, 0.05) is 0 Å². The lowest BCUT2D eigenvalue weighted by atomic mass is 10.0. The predicted octanol–water partition coefficient (Wildman–Crippen LogP) is 1.77. The highest BCUT2D eigenvalue weighted by molar-refractivity contribution is 5.23. The first-order valence-electron chi connectivity index (χ1n) is 4.68. The largest absolute Gasteiger partial charge is 0.388 e. The first-order chi connectivity index (χ1) is 6.24. The Kier molecular flexibility index (Phi) is 3.93. The van der Waals surface area contributed by atoms with Crippen LogP contribution in [0.4, 0.5) is 0 Å². The Balaban J connectivity index is 2.60. The van der Waals surface area contributed by atoms with E-state index in [2.05, 4.69) is 0 Å². The fourth-order valence-corrected chi connectivity index (χ4v) is 1.36. The number of benzene rings is 1. The molecule has 0 bridgehead atoms. The van der Waals surface area contributed by atoms with Crippen LogP contribution < -0.4 is 5.73 Å². The molecular formula is C11H17NO. The van der Waals surface area contributed by atoms with Gasteiger partial charge in [0.2, 0.25) is 0 Å². The van der Waals surface area contributed by atoms with E-state index in [4.69, 9.17) is 5.73 Å². The van der Waals surface area contributed by atoms with E-state index in [9.17, 15) is 5.11 Å². The lowest BCUT2D eigenvalue weighted by Gasteiger charge is -2.10. The van der Waals surface area contributed by atoms with E-state index in [0.717, 1.165) is 18.4 Å². The normalized spacial score (nSPS) is 12.8. The van der Waals surface area contributed by atoms with E-state index >= 15 is 0 Å². The second kappa shape index (κ2) is 5.00. The van der Waals surface area contributed by atoms with Gasteiger partial charge < -0.3 is 10.8 Å². The summed E-state index contributed by atoms with van der Waals surface area (Å²) in [5, 5.41) is 9.72. The molecule has 3 N–H and O–H groups in total. The number of aryl methyl sites for hydroxylation is 1. The van der Waals surface area contributed by atoms with Gasteiger partial charge in [0.1, 0.15) is 0 Å². The van der Waals surface area contributed by atoms with Gasteiger partial charge in [0.15, 0.2) is 0 Å². The summed E-state index contributed by atoms with van der Waals surface area (Å²) >= 11 is 0. The van der Waals surface area contributed by atoms with Crippen molar-refractivity contribution in [2.24, 2.45) is 5.73 Å². The lowest BCUT2D eigenvalue weighted by molar-refractivity contribution is 0.165. The van der Waals surface area contributed by atoms with Gasteiger partial charge in [0.05, 0.1) is 6.10 Å². The molecule has 0 spiro atoms. The summed E-state index contributed by atoms with van der Waals surface area (Å²) in [7, 11) is 0. The molecule has 1 aromatic carbocycles. The highest BCUT2D eigenvalue weighted by atomic mass is 16.3. The number of nitrogens with two attached hydrogens (primary N) is 1. The van der Waals surface area contributed by atoms with Crippen LogP contribution in [0.25, 0.3) is 0 Å². The third-order valence-corrected chi connectivity index (χ3v) is 2.11. The molecule has 72 valence electrons. The standard InChI is InChI=1S/C11H17NO/c1-9-4-2-5-10(8-9)11(13)6-3-7-12/h2,4-5,8,11,13H,3,6-7,12H2,1H3. The Morgan fingerprint density at radius 1 is 1.46 bits per heavy atom. The molecule has 0 aliphatic rings. The van der Waals surface area contributed by atoms with Crippen molar-refractivity contribution in [1.29, 1.82) is 0 Å². The van der Waals surface area contributed by atoms with Crippen LogP contribution in [0.3, 0.4) is 0 Å². The monoisotopic (exact) mass is 179 g/mol. The van der Waals surface area contributed by atoms with Gasteiger partial charge in [-0.25, -0.2) is 0 Å². The van der Waals surface area contributed by atoms with Gasteiger partial charge in [-0.3, -0.25) is 0 Å². The first kappa shape index (κ1) is 10.2. The molecule has 1 aromatic rings. The van der Waals surface area contributed by atoms with E-state index in [1.54, 1.807) is 0 Å². The van der Waals surface area contributed by atoms with E-state index in [0.29, 0.717) is 6.54 Å². The van der Waals surface area contributed by atoms with Crippen LogP contribution in [-0.2, 0) is 0 Å².